The lowest BCUT2D eigenvalue weighted by atomic mass is 9.83. The molecule has 19 heavy (non-hydrogen) atoms. The van der Waals surface area contributed by atoms with Crippen LogP contribution in [0.25, 0.3) is 0 Å². The summed E-state index contributed by atoms with van der Waals surface area (Å²) in [7, 11) is 1.65. The van der Waals surface area contributed by atoms with Crippen molar-refractivity contribution in [3.05, 3.63) is 28.8 Å². The number of aryl methyl sites for hydroxylation is 2. The number of rotatable bonds is 6. The molecule has 0 amide bonds. The number of hydrogen-bond acceptors (Lipinski definition) is 2. The molecule has 0 bridgehead atoms. The summed E-state index contributed by atoms with van der Waals surface area (Å²) in [6.45, 7) is 8.31. The second-order valence-corrected chi connectivity index (χ2v) is 5.60. The van der Waals surface area contributed by atoms with Crippen molar-refractivity contribution in [3.63, 3.8) is 0 Å². The van der Waals surface area contributed by atoms with Gasteiger partial charge in [0.25, 0.3) is 0 Å². The van der Waals surface area contributed by atoms with E-state index in [0.29, 0.717) is 5.92 Å². The minimum atomic E-state index is -0.736. The Morgan fingerprint density at radius 1 is 1.26 bits per heavy atom. The maximum Gasteiger partial charge on any atom is 0.303 e. The number of carboxylic acids is 1. The van der Waals surface area contributed by atoms with E-state index in [2.05, 4.69) is 13.8 Å². The average Bonchev–Trinajstić information content (AvgIpc) is 2.25. The third-order valence-corrected chi connectivity index (χ3v) is 3.39. The predicted molar refractivity (Wildman–Crippen MR) is 76.9 cm³/mol. The van der Waals surface area contributed by atoms with Gasteiger partial charge in [-0.2, -0.15) is 0 Å². The van der Waals surface area contributed by atoms with Gasteiger partial charge < -0.3 is 9.84 Å². The second-order valence-electron chi connectivity index (χ2n) is 5.60. The zero-order chi connectivity index (χ0) is 14.6. The SMILES string of the molecule is COc1cc(C)c(C(CC(=O)O)CC(C)C)c(C)c1. The van der Waals surface area contributed by atoms with E-state index >= 15 is 0 Å². The van der Waals surface area contributed by atoms with Gasteiger partial charge in [-0.25, -0.2) is 0 Å². The Balaban J connectivity index is 3.17. The fraction of sp³-hybridized carbons (Fsp3) is 0.562. The van der Waals surface area contributed by atoms with Gasteiger partial charge in [-0.15, -0.1) is 0 Å². The molecule has 0 aliphatic rings. The minimum Gasteiger partial charge on any atom is -0.497 e. The molecule has 0 saturated carbocycles. The molecule has 106 valence electrons. The van der Waals surface area contributed by atoms with E-state index in [1.165, 1.54) is 0 Å². The normalized spacial score (nSPS) is 12.5. The molecule has 1 aromatic carbocycles. The molecule has 0 heterocycles. The zero-order valence-corrected chi connectivity index (χ0v) is 12.5. The van der Waals surface area contributed by atoms with Crippen molar-refractivity contribution < 1.29 is 14.6 Å². The summed E-state index contributed by atoms with van der Waals surface area (Å²) in [5.74, 6) is 0.645. The van der Waals surface area contributed by atoms with Gasteiger partial charge in [0.15, 0.2) is 0 Å². The van der Waals surface area contributed by atoms with Gasteiger partial charge in [0.2, 0.25) is 0 Å². The number of benzene rings is 1. The molecule has 1 rings (SSSR count). The van der Waals surface area contributed by atoms with Crippen LogP contribution in [-0.2, 0) is 4.79 Å². The van der Waals surface area contributed by atoms with E-state index in [-0.39, 0.29) is 12.3 Å². The smallest absolute Gasteiger partial charge is 0.303 e. The van der Waals surface area contributed by atoms with Crippen molar-refractivity contribution in [1.29, 1.82) is 0 Å². The highest BCUT2D eigenvalue weighted by atomic mass is 16.5. The molecule has 1 N–H and O–H groups in total. The standard InChI is InChI=1S/C16H24O3/c1-10(2)6-13(9-15(17)18)16-11(3)7-14(19-5)8-12(16)4/h7-8,10,13H,6,9H2,1-5H3,(H,17,18). The fourth-order valence-electron chi connectivity index (χ4n) is 2.78. The molecule has 0 radical (unpaired) electrons. The van der Waals surface area contributed by atoms with Crippen LogP contribution in [0.5, 0.6) is 5.75 Å². The third kappa shape index (κ3) is 4.27. The lowest BCUT2D eigenvalue weighted by Gasteiger charge is -2.22. The quantitative estimate of drug-likeness (QED) is 0.847. The van der Waals surface area contributed by atoms with Crippen LogP contribution in [-0.4, -0.2) is 18.2 Å². The van der Waals surface area contributed by atoms with Gasteiger partial charge in [-0.1, -0.05) is 13.8 Å². The van der Waals surface area contributed by atoms with E-state index < -0.39 is 5.97 Å². The van der Waals surface area contributed by atoms with Crippen LogP contribution in [0.1, 0.15) is 49.3 Å². The molecular weight excluding hydrogens is 240 g/mol. The zero-order valence-electron chi connectivity index (χ0n) is 12.5. The molecule has 1 atom stereocenters. The summed E-state index contributed by atoms with van der Waals surface area (Å²) in [4.78, 5) is 11.1. The van der Waals surface area contributed by atoms with Crippen molar-refractivity contribution in [3.8, 4) is 5.75 Å². The summed E-state index contributed by atoms with van der Waals surface area (Å²) in [6.07, 6.45) is 1.08. The highest BCUT2D eigenvalue weighted by Gasteiger charge is 2.21. The third-order valence-electron chi connectivity index (χ3n) is 3.39. The van der Waals surface area contributed by atoms with E-state index in [9.17, 15) is 4.79 Å². The molecule has 1 unspecified atom stereocenters. The summed E-state index contributed by atoms with van der Waals surface area (Å²) in [5, 5.41) is 9.12. The number of ether oxygens (including phenoxy) is 1. The van der Waals surface area contributed by atoms with Crippen LogP contribution in [0.4, 0.5) is 0 Å². The summed E-state index contributed by atoms with van der Waals surface area (Å²) >= 11 is 0. The number of carboxylic acid groups (broad SMARTS) is 1. The van der Waals surface area contributed by atoms with Crippen LogP contribution in [0, 0.1) is 19.8 Å². The first-order valence-corrected chi connectivity index (χ1v) is 6.72. The Kier molecular flexibility index (Phi) is 5.40. The monoisotopic (exact) mass is 264 g/mol. The lowest BCUT2D eigenvalue weighted by Crippen LogP contribution is -2.12. The van der Waals surface area contributed by atoms with Gasteiger partial charge in [-0.3, -0.25) is 4.79 Å². The largest absolute Gasteiger partial charge is 0.497 e. The summed E-state index contributed by atoms with van der Waals surface area (Å²) in [6, 6.07) is 3.97. The Hall–Kier alpha value is -1.51. The molecule has 1 aromatic rings. The van der Waals surface area contributed by atoms with Gasteiger partial charge in [0, 0.05) is 0 Å². The maximum absolute atomic E-state index is 11.1. The van der Waals surface area contributed by atoms with Crippen LogP contribution >= 0.6 is 0 Å². The van der Waals surface area contributed by atoms with E-state index in [4.69, 9.17) is 9.84 Å². The highest BCUT2D eigenvalue weighted by molar-refractivity contribution is 5.68. The lowest BCUT2D eigenvalue weighted by molar-refractivity contribution is -0.137. The van der Waals surface area contributed by atoms with Gasteiger partial charge in [0.05, 0.1) is 13.5 Å². The second kappa shape index (κ2) is 6.60. The number of aliphatic carboxylic acids is 1. The number of hydrogen-bond donors (Lipinski definition) is 1. The van der Waals surface area contributed by atoms with Crippen LogP contribution in [0.3, 0.4) is 0 Å². The molecule has 0 saturated heterocycles. The maximum atomic E-state index is 11.1. The molecule has 3 nitrogen and oxygen atoms in total. The Morgan fingerprint density at radius 2 is 1.79 bits per heavy atom. The van der Waals surface area contributed by atoms with E-state index in [1.807, 2.05) is 26.0 Å². The van der Waals surface area contributed by atoms with Crippen molar-refractivity contribution >= 4 is 5.97 Å². The van der Waals surface area contributed by atoms with Crippen molar-refractivity contribution in [2.24, 2.45) is 5.92 Å². The minimum absolute atomic E-state index is 0.0726. The first-order valence-electron chi connectivity index (χ1n) is 6.72. The highest BCUT2D eigenvalue weighted by Crippen LogP contribution is 2.34. The topological polar surface area (TPSA) is 46.5 Å². The van der Waals surface area contributed by atoms with Crippen molar-refractivity contribution in [1.82, 2.24) is 0 Å². The number of methoxy groups -OCH3 is 1. The van der Waals surface area contributed by atoms with Crippen LogP contribution in [0.2, 0.25) is 0 Å². The Morgan fingerprint density at radius 3 is 2.16 bits per heavy atom. The predicted octanol–water partition coefficient (Wildman–Crippen LogP) is 3.92. The Labute approximate surface area is 115 Å². The van der Waals surface area contributed by atoms with E-state index in [1.54, 1.807) is 7.11 Å². The van der Waals surface area contributed by atoms with E-state index in [0.717, 1.165) is 28.9 Å². The number of carbonyl (C=O) groups is 1. The van der Waals surface area contributed by atoms with Crippen LogP contribution < -0.4 is 4.74 Å². The molecule has 0 aliphatic carbocycles. The van der Waals surface area contributed by atoms with Gasteiger partial charge in [-0.05, 0) is 60.9 Å². The average molecular weight is 264 g/mol. The molecule has 0 aromatic heterocycles. The fourth-order valence-corrected chi connectivity index (χ4v) is 2.78. The first-order chi connectivity index (χ1) is 8.85. The van der Waals surface area contributed by atoms with Crippen LogP contribution in [0.15, 0.2) is 12.1 Å². The molecule has 0 aliphatic heterocycles. The summed E-state index contributed by atoms with van der Waals surface area (Å²) in [5.41, 5.74) is 3.39. The van der Waals surface area contributed by atoms with Gasteiger partial charge in [0.1, 0.15) is 5.75 Å². The molecular formula is C16H24O3. The molecule has 0 spiro atoms. The summed E-state index contributed by atoms with van der Waals surface area (Å²) < 4.78 is 5.26. The van der Waals surface area contributed by atoms with Crippen molar-refractivity contribution in [2.45, 2.75) is 46.5 Å². The first kappa shape index (κ1) is 15.5. The molecule has 3 heteroatoms. The Bertz CT molecular complexity index is 426. The van der Waals surface area contributed by atoms with Gasteiger partial charge >= 0.3 is 5.97 Å². The molecule has 0 fully saturated rings. The van der Waals surface area contributed by atoms with Crippen molar-refractivity contribution in [2.75, 3.05) is 7.11 Å².